The first-order valence-corrected chi connectivity index (χ1v) is 16.3. The van der Waals surface area contributed by atoms with Gasteiger partial charge in [-0.3, -0.25) is 9.59 Å². The van der Waals surface area contributed by atoms with Crippen molar-refractivity contribution in [2.24, 2.45) is 61.6 Å². The number of hydrogen-bond acceptors (Lipinski definition) is 4. The molecule has 3 unspecified atom stereocenters. The van der Waals surface area contributed by atoms with Gasteiger partial charge in [-0.05, 0) is 95.2 Å². The molecule has 1 amide bonds. The Morgan fingerprint density at radius 1 is 0.976 bits per heavy atom. The molecule has 0 radical (unpaired) electrons. The maximum atomic E-state index is 14.8. The van der Waals surface area contributed by atoms with E-state index in [1.807, 2.05) is 19.9 Å². The molecule has 232 valence electrons. The van der Waals surface area contributed by atoms with Crippen LogP contribution in [0.3, 0.4) is 0 Å². The predicted molar refractivity (Wildman–Crippen MR) is 163 cm³/mol. The van der Waals surface area contributed by atoms with E-state index in [9.17, 15) is 24.8 Å². The minimum absolute atomic E-state index is 0.0490. The van der Waals surface area contributed by atoms with Crippen molar-refractivity contribution in [1.82, 2.24) is 5.32 Å². The van der Waals surface area contributed by atoms with Crippen molar-refractivity contribution in [2.45, 2.75) is 127 Å². The summed E-state index contributed by atoms with van der Waals surface area (Å²) in [5, 5.41) is 23.0. The van der Waals surface area contributed by atoms with E-state index in [2.05, 4.69) is 66.8 Å². The quantitative estimate of drug-likeness (QED) is 0.345. The van der Waals surface area contributed by atoms with Gasteiger partial charge in [-0.25, -0.2) is 4.79 Å². The molecule has 2 N–H and O–H groups in total. The van der Waals surface area contributed by atoms with Crippen molar-refractivity contribution < 1.29 is 19.5 Å². The number of rotatable bonds is 2. The first-order valence-electron chi connectivity index (χ1n) is 16.3. The summed E-state index contributed by atoms with van der Waals surface area (Å²) in [5.41, 5.74) is -1.68. The Labute approximate surface area is 253 Å². The van der Waals surface area contributed by atoms with Gasteiger partial charge >= 0.3 is 6.09 Å². The molecule has 5 aliphatic rings. The zero-order valence-electron chi connectivity index (χ0n) is 27.7. The van der Waals surface area contributed by atoms with Gasteiger partial charge in [0.15, 0.2) is 5.78 Å². The van der Waals surface area contributed by atoms with Crippen LogP contribution in [0.2, 0.25) is 0 Å². The largest absolute Gasteiger partial charge is 0.465 e. The molecule has 0 spiro atoms. The van der Waals surface area contributed by atoms with Gasteiger partial charge in [-0.15, -0.1) is 0 Å². The second-order valence-electron chi connectivity index (χ2n) is 18.2. The molecule has 0 aromatic rings. The van der Waals surface area contributed by atoms with E-state index < -0.39 is 16.9 Å². The lowest BCUT2D eigenvalue weighted by Gasteiger charge is -2.73. The molecule has 9 atom stereocenters. The molecule has 0 aromatic carbocycles. The number of carboxylic acid groups (broad SMARTS) is 1. The van der Waals surface area contributed by atoms with Crippen LogP contribution in [0.1, 0.15) is 121 Å². The van der Waals surface area contributed by atoms with Crippen LogP contribution in [0, 0.1) is 72.9 Å². The molecule has 4 saturated carbocycles. The van der Waals surface area contributed by atoms with Gasteiger partial charge in [0.25, 0.3) is 0 Å². The van der Waals surface area contributed by atoms with Crippen LogP contribution in [0.5, 0.6) is 0 Å². The van der Waals surface area contributed by atoms with Crippen LogP contribution >= 0.6 is 0 Å². The monoisotopic (exact) mass is 578 g/mol. The van der Waals surface area contributed by atoms with E-state index in [1.165, 1.54) is 0 Å². The van der Waals surface area contributed by atoms with E-state index in [1.54, 1.807) is 0 Å². The Morgan fingerprint density at radius 2 is 1.60 bits per heavy atom. The van der Waals surface area contributed by atoms with Crippen molar-refractivity contribution >= 4 is 17.7 Å². The molecule has 0 heterocycles. The highest BCUT2D eigenvalue weighted by molar-refractivity contribution is 6.04. The lowest BCUT2D eigenvalue weighted by Crippen LogP contribution is -2.71. The molecule has 5 rings (SSSR count). The first-order chi connectivity index (χ1) is 19.1. The van der Waals surface area contributed by atoms with Crippen molar-refractivity contribution in [1.29, 1.82) is 5.26 Å². The first kappa shape index (κ1) is 31.3. The number of amides is 1. The maximum Gasteiger partial charge on any atom is 0.404 e. The Hall–Kier alpha value is -2.16. The van der Waals surface area contributed by atoms with Crippen LogP contribution in [0.25, 0.3) is 0 Å². The second-order valence-corrected chi connectivity index (χ2v) is 18.2. The van der Waals surface area contributed by atoms with Crippen molar-refractivity contribution in [3.63, 3.8) is 0 Å². The molecule has 0 aliphatic heterocycles. The number of Topliss-reactive ketones (excluding diaryl/α,β-unsaturated/α-hetero) is 2. The average Bonchev–Trinajstić information content (AvgIpc) is 2.85. The minimum Gasteiger partial charge on any atom is -0.465 e. The summed E-state index contributed by atoms with van der Waals surface area (Å²) in [6, 6.07) is 1.97. The highest BCUT2D eigenvalue weighted by Gasteiger charge is 2.73. The third-order valence-electron chi connectivity index (χ3n) is 14.2. The zero-order chi connectivity index (χ0) is 31.5. The summed E-state index contributed by atoms with van der Waals surface area (Å²) in [5.74, 6) is 0.355. The summed E-state index contributed by atoms with van der Waals surface area (Å²) >= 11 is 0. The number of allylic oxidation sites excluding steroid dienone is 2. The van der Waals surface area contributed by atoms with E-state index in [-0.39, 0.29) is 68.1 Å². The Balaban J connectivity index is 1.66. The van der Waals surface area contributed by atoms with E-state index in [0.717, 1.165) is 44.9 Å². The van der Waals surface area contributed by atoms with Gasteiger partial charge in [0, 0.05) is 23.8 Å². The topological polar surface area (TPSA) is 107 Å². The van der Waals surface area contributed by atoms with Crippen LogP contribution < -0.4 is 5.32 Å². The van der Waals surface area contributed by atoms with Gasteiger partial charge in [0.2, 0.25) is 0 Å². The van der Waals surface area contributed by atoms with Crippen LogP contribution in [-0.2, 0) is 9.59 Å². The van der Waals surface area contributed by atoms with E-state index in [0.29, 0.717) is 12.2 Å². The van der Waals surface area contributed by atoms with Crippen molar-refractivity contribution in [2.75, 3.05) is 0 Å². The SMILES string of the molecule is CC1(C)CC[C@]2(C(NC(=O)O)C(C)(C)C)CC[C@]3(C)[C@H](C(=O)CC4[C@@]5(C)C=C(C#N)C(=O)C(C)(C)C5CC[C@]43C)[C@@H]2C1. The van der Waals surface area contributed by atoms with E-state index >= 15 is 0 Å². The molecule has 0 aromatic heterocycles. The molecule has 6 heteroatoms. The number of carbonyl (C=O) groups excluding carboxylic acids is 2. The average molecular weight is 579 g/mol. The number of nitrogens with one attached hydrogen (secondary N) is 1. The summed E-state index contributed by atoms with van der Waals surface area (Å²) in [7, 11) is 0. The molecule has 4 fully saturated rings. The molecule has 5 aliphatic carbocycles. The molecule has 0 bridgehead atoms. The third kappa shape index (κ3) is 4.03. The summed E-state index contributed by atoms with van der Waals surface area (Å²) in [6.07, 6.45) is 7.98. The highest BCUT2D eigenvalue weighted by Crippen LogP contribution is 2.76. The fourth-order valence-corrected chi connectivity index (χ4v) is 12.2. The number of ketones is 2. The van der Waals surface area contributed by atoms with Crippen LogP contribution in [0.4, 0.5) is 4.79 Å². The molecule has 42 heavy (non-hydrogen) atoms. The standard InChI is InChI=1S/C36H54N2O4/c1-30(2,3)28(38-29(41)42)36-15-13-31(4,5)19-22(36)26-23(39)17-25-33(8)18-21(20-37)27(40)32(6,7)24(33)11-12-34(25,9)35(26,10)14-16-36/h18,22,24-26,28,38H,11-17,19H2,1-10H3,(H,41,42)/t22-,24?,25?,26-,28?,33-,34+,35+,36-/m0/s1. The van der Waals surface area contributed by atoms with Crippen molar-refractivity contribution in [3.8, 4) is 6.07 Å². The second kappa shape index (κ2) is 9.18. The smallest absolute Gasteiger partial charge is 0.404 e. The lowest BCUT2D eigenvalue weighted by atomic mass is 9.31. The predicted octanol–water partition coefficient (Wildman–Crippen LogP) is 7.97. The number of fused-ring (bicyclic) bond motifs is 7. The van der Waals surface area contributed by atoms with Crippen LogP contribution in [0.15, 0.2) is 11.6 Å². The highest BCUT2D eigenvalue weighted by atomic mass is 16.4. The normalized spacial score (nSPS) is 44.7. The zero-order valence-corrected chi connectivity index (χ0v) is 27.7. The maximum absolute atomic E-state index is 14.8. The number of nitrogens with zero attached hydrogens (tertiary/aromatic N) is 1. The summed E-state index contributed by atoms with van der Waals surface area (Å²) < 4.78 is 0. The molecule has 0 saturated heterocycles. The Morgan fingerprint density at radius 3 is 2.17 bits per heavy atom. The van der Waals surface area contributed by atoms with E-state index in [4.69, 9.17) is 0 Å². The fourth-order valence-electron chi connectivity index (χ4n) is 12.2. The number of carbonyl (C=O) groups is 3. The van der Waals surface area contributed by atoms with Gasteiger partial charge in [0.05, 0.1) is 5.57 Å². The molecule has 6 nitrogen and oxygen atoms in total. The summed E-state index contributed by atoms with van der Waals surface area (Å²) in [4.78, 5) is 40.4. The molecular formula is C36H54N2O4. The number of nitriles is 1. The number of hydrogen-bond donors (Lipinski definition) is 2. The fraction of sp³-hybridized carbons (Fsp3) is 0.833. The van der Waals surface area contributed by atoms with Crippen LogP contribution in [-0.4, -0.2) is 28.8 Å². The Kier molecular flexibility index (Phi) is 6.83. The minimum atomic E-state index is -0.982. The van der Waals surface area contributed by atoms with Gasteiger partial charge in [-0.2, -0.15) is 5.26 Å². The summed E-state index contributed by atoms with van der Waals surface area (Å²) in [6.45, 7) is 22.1. The van der Waals surface area contributed by atoms with Gasteiger partial charge in [-0.1, -0.05) is 75.3 Å². The van der Waals surface area contributed by atoms with Gasteiger partial charge in [0.1, 0.15) is 11.9 Å². The Bertz CT molecular complexity index is 1280. The van der Waals surface area contributed by atoms with Gasteiger partial charge < -0.3 is 10.4 Å². The van der Waals surface area contributed by atoms with Crippen molar-refractivity contribution in [3.05, 3.63) is 11.6 Å². The molecular weight excluding hydrogens is 524 g/mol. The lowest BCUT2D eigenvalue weighted by molar-refractivity contribution is -0.229. The third-order valence-corrected chi connectivity index (χ3v) is 14.2.